The van der Waals surface area contributed by atoms with Gasteiger partial charge in [-0.2, -0.15) is 0 Å². The first-order valence-corrected chi connectivity index (χ1v) is 11.8. The van der Waals surface area contributed by atoms with Crippen LogP contribution in [0.4, 0.5) is 0 Å². The number of likely N-dealkylation sites (tertiary alicyclic amines) is 1. The summed E-state index contributed by atoms with van der Waals surface area (Å²) in [6.07, 6.45) is 3.53. The molecular formula is C27H31NO6. The number of rotatable bonds is 9. The Morgan fingerprint density at radius 3 is 2.62 bits per heavy atom. The molecule has 0 radical (unpaired) electrons. The molecule has 0 aliphatic carbocycles. The van der Waals surface area contributed by atoms with E-state index in [2.05, 4.69) is 6.92 Å². The molecule has 1 amide bonds. The molecule has 7 heteroatoms. The fourth-order valence-electron chi connectivity index (χ4n) is 4.47. The zero-order chi connectivity index (χ0) is 24.1. The Labute approximate surface area is 199 Å². The van der Waals surface area contributed by atoms with Gasteiger partial charge in [-0.15, -0.1) is 0 Å². The largest absolute Gasteiger partial charge is 0.507 e. The van der Waals surface area contributed by atoms with Crippen molar-refractivity contribution in [3.63, 3.8) is 0 Å². The van der Waals surface area contributed by atoms with Crippen molar-refractivity contribution in [2.45, 2.75) is 44.8 Å². The van der Waals surface area contributed by atoms with Gasteiger partial charge in [0.2, 0.25) is 0 Å². The van der Waals surface area contributed by atoms with E-state index in [0.29, 0.717) is 35.8 Å². The normalized spacial score (nSPS) is 21.8. The van der Waals surface area contributed by atoms with Crippen LogP contribution < -0.4 is 9.47 Å². The third-order valence-electron chi connectivity index (χ3n) is 6.27. The lowest BCUT2D eigenvalue weighted by Gasteiger charge is -2.28. The minimum absolute atomic E-state index is 0.0656. The van der Waals surface area contributed by atoms with Crippen molar-refractivity contribution >= 4 is 17.4 Å². The van der Waals surface area contributed by atoms with Gasteiger partial charge in [0.05, 0.1) is 31.4 Å². The summed E-state index contributed by atoms with van der Waals surface area (Å²) in [5.41, 5.74) is 1.21. The summed E-state index contributed by atoms with van der Waals surface area (Å²) in [5, 5.41) is 11.1. The number of carbonyl (C=O) groups excluding carboxylic acids is 2. The molecule has 0 saturated carbocycles. The lowest BCUT2D eigenvalue weighted by molar-refractivity contribution is -0.140. The minimum Gasteiger partial charge on any atom is -0.507 e. The second-order valence-electron chi connectivity index (χ2n) is 8.56. The van der Waals surface area contributed by atoms with Crippen LogP contribution in [-0.2, 0) is 14.3 Å². The molecule has 2 saturated heterocycles. The molecule has 2 fully saturated rings. The first-order chi connectivity index (χ1) is 16.5. The van der Waals surface area contributed by atoms with E-state index in [1.165, 1.54) is 4.90 Å². The monoisotopic (exact) mass is 465 g/mol. The van der Waals surface area contributed by atoms with Crippen molar-refractivity contribution in [2.75, 3.05) is 26.9 Å². The van der Waals surface area contributed by atoms with Gasteiger partial charge in [0.25, 0.3) is 11.7 Å². The molecule has 2 atom stereocenters. The fourth-order valence-corrected chi connectivity index (χ4v) is 4.47. The van der Waals surface area contributed by atoms with Gasteiger partial charge in [0, 0.05) is 18.7 Å². The van der Waals surface area contributed by atoms with Crippen molar-refractivity contribution in [2.24, 2.45) is 0 Å². The zero-order valence-electron chi connectivity index (χ0n) is 19.7. The molecule has 2 heterocycles. The number of aliphatic hydroxyl groups is 1. The molecule has 7 nitrogen and oxygen atoms in total. The van der Waals surface area contributed by atoms with Gasteiger partial charge >= 0.3 is 0 Å². The van der Waals surface area contributed by atoms with Crippen molar-refractivity contribution in [1.82, 2.24) is 4.90 Å². The molecule has 180 valence electrons. The summed E-state index contributed by atoms with van der Waals surface area (Å²) < 4.78 is 17.2. The summed E-state index contributed by atoms with van der Waals surface area (Å²) in [6, 6.07) is 13.4. The van der Waals surface area contributed by atoms with Crippen LogP contribution in [-0.4, -0.2) is 54.7 Å². The third-order valence-corrected chi connectivity index (χ3v) is 6.27. The Bertz CT molecular complexity index is 1060. The van der Waals surface area contributed by atoms with Crippen molar-refractivity contribution < 1.29 is 28.9 Å². The Morgan fingerprint density at radius 1 is 1.15 bits per heavy atom. The molecule has 34 heavy (non-hydrogen) atoms. The number of hydrogen-bond acceptors (Lipinski definition) is 6. The van der Waals surface area contributed by atoms with Crippen LogP contribution in [0.2, 0.25) is 0 Å². The lowest BCUT2D eigenvalue weighted by Crippen LogP contribution is -2.36. The summed E-state index contributed by atoms with van der Waals surface area (Å²) in [5.74, 6) is -0.428. The average Bonchev–Trinajstić information content (AvgIpc) is 3.47. The summed E-state index contributed by atoms with van der Waals surface area (Å²) >= 11 is 0. The predicted octanol–water partition coefficient (Wildman–Crippen LogP) is 4.47. The number of unbranched alkanes of at least 4 members (excludes halogenated alkanes) is 1. The summed E-state index contributed by atoms with van der Waals surface area (Å²) in [6.45, 7) is 3.57. The predicted molar refractivity (Wildman–Crippen MR) is 128 cm³/mol. The highest BCUT2D eigenvalue weighted by Gasteiger charge is 2.47. The standard InChI is InChI=1S/C27H31NO6/c1-3-4-14-34-21-13-12-19(16-22(21)32-2)24-23(25(29)18-9-6-5-7-10-18)26(30)27(31)28(24)17-20-11-8-15-33-20/h5-7,9-10,12-13,16,20,24,29H,3-4,8,11,14-15,17H2,1-2H3/b25-23+. The number of benzene rings is 2. The van der Waals surface area contributed by atoms with Crippen LogP contribution in [0.15, 0.2) is 54.1 Å². The molecule has 0 bridgehead atoms. The Hall–Kier alpha value is -3.32. The van der Waals surface area contributed by atoms with Gasteiger partial charge in [0.15, 0.2) is 11.5 Å². The number of ketones is 1. The van der Waals surface area contributed by atoms with E-state index in [-0.39, 0.29) is 24.0 Å². The number of methoxy groups -OCH3 is 1. The van der Waals surface area contributed by atoms with Gasteiger partial charge in [0.1, 0.15) is 5.76 Å². The zero-order valence-corrected chi connectivity index (χ0v) is 19.7. The Kier molecular flexibility index (Phi) is 7.53. The van der Waals surface area contributed by atoms with Gasteiger partial charge in [-0.25, -0.2) is 0 Å². The van der Waals surface area contributed by atoms with Crippen LogP contribution in [0.3, 0.4) is 0 Å². The van der Waals surface area contributed by atoms with Gasteiger partial charge in [-0.3, -0.25) is 9.59 Å². The number of Topliss-reactive ketones (excluding diaryl/α,β-unsaturated/α-hetero) is 1. The maximum Gasteiger partial charge on any atom is 0.295 e. The average molecular weight is 466 g/mol. The number of nitrogens with zero attached hydrogens (tertiary/aromatic N) is 1. The SMILES string of the molecule is CCCCOc1ccc(C2/C(=C(\O)c3ccccc3)C(=O)C(=O)N2CC2CCCO2)cc1OC. The minimum atomic E-state index is -0.761. The third kappa shape index (κ3) is 4.80. The highest BCUT2D eigenvalue weighted by atomic mass is 16.5. The van der Waals surface area contributed by atoms with Crippen LogP contribution in [0.25, 0.3) is 5.76 Å². The van der Waals surface area contributed by atoms with E-state index >= 15 is 0 Å². The van der Waals surface area contributed by atoms with Crippen LogP contribution in [0.5, 0.6) is 11.5 Å². The van der Waals surface area contributed by atoms with E-state index in [0.717, 1.165) is 25.7 Å². The molecule has 4 rings (SSSR count). The number of amides is 1. The maximum absolute atomic E-state index is 13.2. The van der Waals surface area contributed by atoms with Gasteiger partial charge in [-0.05, 0) is 37.0 Å². The number of ether oxygens (including phenoxy) is 3. The van der Waals surface area contributed by atoms with E-state index < -0.39 is 17.7 Å². The lowest BCUT2D eigenvalue weighted by atomic mass is 9.95. The summed E-state index contributed by atoms with van der Waals surface area (Å²) in [4.78, 5) is 27.8. The highest BCUT2D eigenvalue weighted by Crippen LogP contribution is 2.42. The van der Waals surface area contributed by atoms with Gasteiger partial charge in [-0.1, -0.05) is 49.7 Å². The Balaban J connectivity index is 1.78. The van der Waals surface area contributed by atoms with Gasteiger partial charge < -0.3 is 24.2 Å². The fraction of sp³-hybridized carbons (Fsp3) is 0.407. The first-order valence-electron chi connectivity index (χ1n) is 11.8. The maximum atomic E-state index is 13.2. The Morgan fingerprint density at radius 2 is 1.94 bits per heavy atom. The number of aliphatic hydroxyl groups excluding tert-OH is 1. The van der Waals surface area contributed by atoms with Crippen LogP contribution in [0.1, 0.15) is 49.8 Å². The molecule has 2 aliphatic rings. The molecule has 1 N–H and O–H groups in total. The van der Waals surface area contributed by atoms with Crippen molar-refractivity contribution in [3.05, 3.63) is 65.2 Å². The van der Waals surface area contributed by atoms with Crippen molar-refractivity contribution in [1.29, 1.82) is 0 Å². The number of carbonyl (C=O) groups is 2. The van der Waals surface area contributed by atoms with E-state index in [1.807, 2.05) is 12.1 Å². The van der Waals surface area contributed by atoms with E-state index in [4.69, 9.17) is 14.2 Å². The highest BCUT2D eigenvalue weighted by molar-refractivity contribution is 6.46. The summed E-state index contributed by atoms with van der Waals surface area (Å²) in [7, 11) is 1.55. The van der Waals surface area contributed by atoms with Crippen LogP contribution in [0, 0.1) is 0 Å². The molecule has 0 aromatic heterocycles. The first kappa shape index (κ1) is 23.8. The molecule has 2 aromatic carbocycles. The smallest absolute Gasteiger partial charge is 0.295 e. The van der Waals surface area contributed by atoms with Crippen molar-refractivity contribution in [3.8, 4) is 11.5 Å². The molecular weight excluding hydrogens is 434 g/mol. The second-order valence-corrected chi connectivity index (χ2v) is 8.56. The number of hydrogen-bond donors (Lipinski definition) is 1. The quantitative estimate of drug-likeness (QED) is 0.254. The molecule has 0 spiro atoms. The van der Waals surface area contributed by atoms with E-state index in [9.17, 15) is 14.7 Å². The topological polar surface area (TPSA) is 85.3 Å². The molecule has 2 unspecified atom stereocenters. The van der Waals surface area contributed by atoms with E-state index in [1.54, 1.807) is 43.5 Å². The second kappa shape index (κ2) is 10.7. The molecule has 2 aromatic rings. The van der Waals surface area contributed by atoms with Crippen LogP contribution >= 0.6 is 0 Å². The molecule has 2 aliphatic heterocycles.